The summed E-state index contributed by atoms with van der Waals surface area (Å²) in [7, 11) is 0. The predicted molar refractivity (Wildman–Crippen MR) is 44.0 cm³/mol. The molecule has 0 aromatic rings. The van der Waals surface area contributed by atoms with Crippen LogP contribution < -0.4 is 5.73 Å². The number of carbonyl (C=O) groups excluding carboxylic acids is 1. The highest BCUT2D eigenvalue weighted by Crippen LogP contribution is 2.11. The molecule has 0 bridgehead atoms. The Morgan fingerprint density at radius 2 is 1.91 bits per heavy atom. The smallest absolute Gasteiger partial charge is 0.219 e. The van der Waals surface area contributed by atoms with Gasteiger partial charge in [-0.25, -0.2) is 0 Å². The molecule has 0 heterocycles. The van der Waals surface area contributed by atoms with Gasteiger partial charge in [0.25, 0.3) is 0 Å². The first-order valence-corrected chi connectivity index (χ1v) is 3.68. The maximum atomic E-state index is 10.1. The van der Waals surface area contributed by atoms with Gasteiger partial charge in [-0.15, -0.1) is 0 Å². The molecule has 0 rings (SSSR count). The Hall–Kier alpha value is -0.410. The Bertz CT molecular complexity index is 129. The van der Waals surface area contributed by atoms with Crippen molar-refractivity contribution in [1.82, 2.24) is 0 Å². The molecule has 2 atom stereocenters. The molecule has 0 aliphatic heterocycles. The van der Waals surface area contributed by atoms with Crippen LogP contribution in [0.5, 0.6) is 0 Å². The van der Waals surface area contributed by atoms with Gasteiger partial charge in [0.05, 0.1) is 17.7 Å². The third kappa shape index (κ3) is 4.93. The first kappa shape index (κ1) is 10.6. The van der Waals surface area contributed by atoms with E-state index in [4.69, 9.17) is 10.5 Å². The van der Waals surface area contributed by atoms with Crippen LogP contribution in [0.4, 0.5) is 0 Å². The topological polar surface area (TPSA) is 52.3 Å². The van der Waals surface area contributed by atoms with Gasteiger partial charge in [-0.1, -0.05) is 0 Å². The molecule has 0 saturated carbocycles. The fourth-order valence-electron chi connectivity index (χ4n) is 0.727. The number of hydrogen-bond acceptors (Lipinski definition) is 3. The first-order chi connectivity index (χ1) is 4.87. The molecule has 2 N–H and O–H groups in total. The van der Waals surface area contributed by atoms with Crippen molar-refractivity contribution in [2.45, 2.75) is 45.4 Å². The summed E-state index contributed by atoms with van der Waals surface area (Å²) in [4.78, 5) is 10.1. The lowest BCUT2D eigenvalue weighted by molar-refractivity contribution is -0.0533. The van der Waals surface area contributed by atoms with Crippen molar-refractivity contribution in [3.8, 4) is 0 Å². The number of rotatable bonds is 3. The molecule has 0 saturated heterocycles. The van der Waals surface area contributed by atoms with Crippen LogP contribution in [0.2, 0.25) is 0 Å². The van der Waals surface area contributed by atoms with E-state index in [1.54, 1.807) is 13.2 Å². The molecular weight excluding hydrogens is 142 g/mol. The van der Waals surface area contributed by atoms with E-state index in [9.17, 15) is 4.79 Å². The summed E-state index contributed by atoms with van der Waals surface area (Å²) in [6.07, 6.45) is 1.42. The Morgan fingerprint density at radius 3 is 2.18 bits per heavy atom. The Kier molecular flexibility index (Phi) is 3.69. The van der Waals surface area contributed by atoms with E-state index in [0.29, 0.717) is 0 Å². The lowest BCUT2D eigenvalue weighted by atomic mass is 10.1. The van der Waals surface area contributed by atoms with Crippen LogP contribution in [0.1, 0.15) is 27.7 Å². The molecule has 0 spiro atoms. The van der Waals surface area contributed by atoms with Gasteiger partial charge in [-0.3, -0.25) is 4.79 Å². The summed E-state index contributed by atoms with van der Waals surface area (Å²) in [5, 5.41) is 0. The zero-order valence-electron chi connectivity index (χ0n) is 7.55. The third-order valence-electron chi connectivity index (χ3n) is 1.18. The molecule has 3 nitrogen and oxygen atoms in total. The lowest BCUT2D eigenvalue weighted by Gasteiger charge is -2.26. The molecule has 0 aromatic heterocycles. The van der Waals surface area contributed by atoms with Crippen LogP contribution in [0, 0.1) is 0 Å². The van der Waals surface area contributed by atoms with E-state index in [-0.39, 0.29) is 11.7 Å². The predicted octanol–water partition coefficient (Wildman–Crippen LogP) is 0.627. The Labute approximate surface area is 67.9 Å². The number of hydrogen-bond donors (Lipinski definition) is 1. The molecule has 0 aromatic carbocycles. The molecular formula is C8H16NO2. The number of ether oxygens (including phenoxy) is 1. The second-order valence-corrected chi connectivity index (χ2v) is 3.58. The summed E-state index contributed by atoms with van der Waals surface area (Å²) in [6, 6.07) is -0.644. The van der Waals surface area contributed by atoms with Crippen molar-refractivity contribution in [3.63, 3.8) is 0 Å². The molecule has 0 aliphatic carbocycles. The molecule has 0 aliphatic rings. The second kappa shape index (κ2) is 3.83. The maximum absolute atomic E-state index is 10.1. The quantitative estimate of drug-likeness (QED) is 0.655. The van der Waals surface area contributed by atoms with Gasteiger partial charge in [0.1, 0.15) is 0 Å². The average molecular weight is 158 g/mol. The fraction of sp³-hybridized carbons (Fsp3) is 0.875. The fourth-order valence-corrected chi connectivity index (χ4v) is 0.727. The lowest BCUT2D eigenvalue weighted by Crippen LogP contribution is -2.40. The highest BCUT2D eigenvalue weighted by molar-refractivity contribution is 5.58. The zero-order chi connectivity index (χ0) is 9.07. The van der Waals surface area contributed by atoms with Crippen molar-refractivity contribution in [2.75, 3.05) is 0 Å². The van der Waals surface area contributed by atoms with E-state index < -0.39 is 6.04 Å². The minimum Gasteiger partial charge on any atom is -0.371 e. The van der Waals surface area contributed by atoms with Crippen LogP contribution in [-0.2, 0) is 9.53 Å². The van der Waals surface area contributed by atoms with Gasteiger partial charge >= 0.3 is 0 Å². The van der Waals surface area contributed by atoms with Crippen LogP contribution in [-0.4, -0.2) is 24.0 Å². The normalized spacial score (nSPS) is 17.5. The van der Waals surface area contributed by atoms with Gasteiger partial charge in [-0.2, -0.15) is 0 Å². The monoisotopic (exact) mass is 158 g/mol. The molecule has 1 radical (unpaired) electrons. The van der Waals surface area contributed by atoms with Crippen molar-refractivity contribution in [2.24, 2.45) is 5.73 Å². The molecule has 65 valence electrons. The van der Waals surface area contributed by atoms with Gasteiger partial charge in [-0.05, 0) is 27.7 Å². The maximum Gasteiger partial charge on any atom is 0.219 e. The highest BCUT2D eigenvalue weighted by atomic mass is 16.5. The van der Waals surface area contributed by atoms with E-state index in [1.807, 2.05) is 20.8 Å². The van der Waals surface area contributed by atoms with Crippen molar-refractivity contribution < 1.29 is 9.53 Å². The average Bonchev–Trinajstić information content (AvgIpc) is 1.82. The molecule has 11 heavy (non-hydrogen) atoms. The SMILES string of the molecule is C[C@@H](OC(C)(C)C)[C@H](N)[C]=O. The van der Waals surface area contributed by atoms with Gasteiger partial charge < -0.3 is 10.5 Å². The highest BCUT2D eigenvalue weighted by Gasteiger charge is 2.20. The molecule has 3 heteroatoms. The molecule has 0 unspecified atom stereocenters. The largest absolute Gasteiger partial charge is 0.371 e. The minimum atomic E-state index is -0.644. The summed E-state index contributed by atoms with van der Waals surface area (Å²) in [6.45, 7) is 7.52. The standard InChI is InChI=1S/C8H16NO2/c1-6(7(9)5-10)11-8(2,3)4/h6-7H,9H2,1-4H3/t6-,7-/m1/s1. The van der Waals surface area contributed by atoms with Gasteiger partial charge in [0.2, 0.25) is 6.29 Å². The molecule has 0 amide bonds. The van der Waals surface area contributed by atoms with E-state index in [2.05, 4.69) is 0 Å². The summed E-state index contributed by atoms with van der Waals surface area (Å²) >= 11 is 0. The van der Waals surface area contributed by atoms with E-state index in [1.165, 1.54) is 0 Å². The number of nitrogens with two attached hydrogens (primary N) is 1. The summed E-state index contributed by atoms with van der Waals surface area (Å²) in [5.74, 6) is 0. The summed E-state index contributed by atoms with van der Waals surface area (Å²) < 4.78 is 5.40. The molecule has 0 fully saturated rings. The summed E-state index contributed by atoms with van der Waals surface area (Å²) in [5.41, 5.74) is 5.12. The van der Waals surface area contributed by atoms with Crippen LogP contribution in [0.3, 0.4) is 0 Å². The van der Waals surface area contributed by atoms with Gasteiger partial charge in [0, 0.05) is 0 Å². The zero-order valence-corrected chi connectivity index (χ0v) is 7.55. The van der Waals surface area contributed by atoms with Gasteiger partial charge in [0.15, 0.2) is 0 Å². The minimum absolute atomic E-state index is 0.256. The third-order valence-corrected chi connectivity index (χ3v) is 1.18. The van der Waals surface area contributed by atoms with Crippen molar-refractivity contribution in [1.29, 1.82) is 0 Å². The van der Waals surface area contributed by atoms with Crippen molar-refractivity contribution >= 4 is 6.29 Å². The Balaban J connectivity index is 3.86. The van der Waals surface area contributed by atoms with Crippen molar-refractivity contribution in [3.05, 3.63) is 0 Å². The van der Waals surface area contributed by atoms with E-state index >= 15 is 0 Å². The van der Waals surface area contributed by atoms with E-state index in [0.717, 1.165) is 0 Å². The second-order valence-electron chi connectivity index (χ2n) is 3.58. The van der Waals surface area contributed by atoms with Crippen LogP contribution in [0.15, 0.2) is 0 Å². The first-order valence-electron chi connectivity index (χ1n) is 3.68. The van der Waals surface area contributed by atoms with Crippen LogP contribution in [0.25, 0.3) is 0 Å². The Morgan fingerprint density at radius 1 is 1.45 bits per heavy atom. The van der Waals surface area contributed by atoms with Crippen LogP contribution >= 0.6 is 0 Å².